The fraction of sp³-hybridized carbons (Fsp3) is 0.900. The van der Waals surface area contributed by atoms with Crippen LogP contribution in [0.2, 0.25) is 0 Å². The zero-order valence-corrected chi connectivity index (χ0v) is 12.1. The van der Waals surface area contributed by atoms with Crippen molar-refractivity contribution in [2.45, 2.75) is 38.9 Å². The predicted molar refractivity (Wildman–Crippen MR) is 65.3 cm³/mol. The molecule has 6 heteroatoms. The van der Waals surface area contributed by atoms with Crippen LogP contribution in [0.3, 0.4) is 0 Å². The van der Waals surface area contributed by atoms with Gasteiger partial charge in [-0.25, -0.2) is 0 Å². The van der Waals surface area contributed by atoms with E-state index in [9.17, 15) is 13.2 Å². The molecule has 16 heavy (non-hydrogen) atoms. The van der Waals surface area contributed by atoms with Gasteiger partial charge in [-0.1, -0.05) is 20.8 Å². The van der Waals surface area contributed by atoms with E-state index in [4.69, 9.17) is 4.55 Å². The number of Topliss-reactive ketones (excluding diaryl/α,β-unsaturated/α-hetero) is 1. The second-order valence-electron chi connectivity index (χ2n) is 5.50. The Bertz CT molecular complexity index is 428. The summed E-state index contributed by atoms with van der Waals surface area (Å²) in [5.74, 6) is -0.531. The van der Waals surface area contributed by atoms with Crippen molar-refractivity contribution in [3.63, 3.8) is 0 Å². The van der Waals surface area contributed by atoms with E-state index in [1.54, 1.807) is 0 Å². The molecular weight excluding hydrogens is 296 g/mol. The normalized spacial score (nSPS) is 40.9. The third-order valence-corrected chi connectivity index (χ3v) is 5.98. The fourth-order valence-corrected chi connectivity index (χ4v) is 4.77. The molecule has 1 N–H and O–H groups in total. The molecule has 0 radical (unpaired) electrons. The first-order valence-electron chi connectivity index (χ1n) is 5.13. The summed E-state index contributed by atoms with van der Waals surface area (Å²) in [4.78, 5) is 12.0. The lowest BCUT2D eigenvalue weighted by Crippen LogP contribution is -2.38. The van der Waals surface area contributed by atoms with Gasteiger partial charge in [0, 0.05) is 5.41 Å². The predicted octanol–water partition coefficient (Wildman–Crippen LogP) is 1.85. The Kier molecular flexibility index (Phi) is 3.11. The Hall–Kier alpha value is 0.0600. The summed E-state index contributed by atoms with van der Waals surface area (Å²) in [7, 11) is -4.24. The van der Waals surface area contributed by atoms with Crippen molar-refractivity contribution in [1.82, 2.24) is 0 Å². The van der Waals surface area contributed by atoms with Gasteiger partial charge in [0.25, 0.3) is 10.1 Å². The van der Waals surface area contributed by atoms with Gasteiger partial charge >= 0.3 is 0 Å². The molecule has 2 fully saturated rings. The monoisotopic (exact) mass is 312 g/mol. The number of carbonyl (C=O) groups excluding carboxylic acids is 1. The van der Waals surface area contributed by atoms with Crippen molar-refractivity contribution in [3.05, 3.63) is 0 Å². The lowest BCUT2D eigenvalue weighted by molar-refractivity contribution is -0.128. The maximum atomic E-state index is 12.0. The van der Waals surface area contributed by atoms with Crippen LogP contribution >= 0.6 is 17.0 Å². The van der Waals surface area contributed by atoms with E-state index in [0.717, 1.165) is 6.42 Å². The highest BCUT2D eigenvalue weighted by molar-refractivity contribution is 8.93. The van der Waals surface area contributed by atoms with Gasteiger partial charge in [-0.2, -0.15) is 8.42 Å². The minimum atomic E-state index is -4.24. The second kappa shape index (κ2) is 3.53. The van der Waals surface area contributed by atoms with Crippen LogP contribution in [0, 0.1) is 16.7 Å². The Morgan fingerprint density at radius 2 is 1.81 bits per heavy atom. The van der Waals surface area contributed by atoms with Crippen LogP contribution in [-0.2, 0) is 14.9 Å². The standard InChI is InChI=1S/C10H16O4S.BrH/c1-9(2)6-4-5-10(9,3)8(11)7(6)15(12,13)14;/h6-7H,4-5H2,1-3H3,(H,12,13,14);1H. The first kappa shape index (κ1) is 14.1. The van der Waals surface area contributed by atoms with Gasteiger partial charge in [0.2, 0.25) is 0 Å². The molecule has 2 bridgehead atoms. The van der Waals surface area contributed by atoms with E-state index in [-0.39, 0.29) is 34.1 Å². The first-order chi connectivity index (χ1) is 6.62. The van der Waals surface area contributed by atoms with Crippen molar-refractivity contribution in [2.24, 2.45) is 16.7 Å². The van der Waals surface area contributed by atoms with Crippen molar-refractivity contribution < 1.29 is 17.8 Å². The van der Waals surface area contributed by atoms with Crippen LogP contribution < -0.4 is 0 Å². The first-order valence-corrected chi connectivity index (χ1v) is 6.63. The summed E-state index contributed by atoms with van der Waals surface area (Å²) in [6.07, 6.45) is 1.44. The molecule has 0 amide bonds. The van der Waals surface area contributed by atoms with Crippen molar-refractivity contribution in [1.29, 1.82) is 0 Å². The molecule has 0 aromatic heterocycles. The van der Waals surface area contributed by atoms with Crippen molar-refractivity contribution >= 4 is 32.9 Å². The van der Waals surface area contributed by atoms with Crippen LogP contribution in [0.5, 0.6) is 0 Å². The number of hydrogen-bond acceptors (Lipinski definition) is 3. The third kappa shape index (κ3) is 1.42. The van der Waals surface area contributed by atoms with E-state index in [0.29, 0.717) is 6.42 Å². The Morgan fingerprint density at radius 3 is 2.06 bits per heavy atom. The molecule has 0 heterocycles. The molecule has 0 aromatic carbocycles. The largest absolute Gasteiger partial charge is 0.297 e. The lowest BCUT2D eigenvalue weighted by atomic mass is 9.70. The van der Waals surface area contributed by atoms with E-state index in [1.165, 1.54) is 0 Å². The minimum absolute atomic E-state index is 0. The lowest BCUT2D eigenvalue weighted by Gasteiger charge is -2.32. The molecule has 4 nitrogen and oxygen atoms in total. The van der Waals surface area contributed by atoms with Crippen LogP contribution in [0.25, 0.3) is 0 Å². The second-order valence-corrected chi connectivity index (χ2v) is 7.04. The molecule has 3 unspecified atom stereocenters. The zero-order valence-electron chi connectivity index (χ0n) is 9.56. The highest BCUT2D eigenvalue weighted by Crippen LogP contribution is 2.64. The third-order valence-electron chi connectivity index (χ3n) is 4.79. The Balaban J connectivity index is 0.00000128. The van der Waals surface area contributed by atoms with Gasteiger partial charge in [0.1, 0.15) is 5.25 Å². The maximum Gasteiger partial charge on any atom is 0.275 e. The van der Waals surface area contributed by atoms with Gasteiger partial charge < -0.3 is 0 Å². The number of halogens is 1. The van der Waals surface area contributed by atoms with Crippen LogP contribution in [0.4, 0.5) is 0 Å². The quantitative estimate of drug-likeness (QED) is 0.750. The van der Waals surface area contributed by atoms with Crippen molar-refractivity contribution in [2.75, 3.05) is 0 Å². The molecule has 2 aliphatic carbocycles. The topological polar surface area (TPSA) is 71.4 Å². The summed E-state index contributed by atoms with van der Waals surface area (Å²) < 4.78 is 31.5. The number of rotatable bonds is 1. The summed E-state index contributed by atoms with van der Waals surface area (Å²) >= 11 is 0. The summed E-state index contributed by atoms with van der Waals surface area (Å²) in [6, 6.07) is 0. The smallest absolute Gasteiger partial charge is 0.275 e. The average molecular weight is 313 g/mol. The molecular formula is C10H17BrO4S. The van der Waals surface area contributed by atoms with E-state index in [1.807, 2.05) is 20.8 Å². The van der Waals surface area contributed by atoms with Crippen molar-refractivity contribution in [3.8, 4) is 0 Å². The molecule has 0 spiro atoms. The Morgan fingerprint density at radius 1 is 1.31 bits per heavy atom. The highest BCUT2D eigenvalue weighted by Gasteiger charge is 2.69. The molecule has 2 rings (SSSR count). The fourth-order valence-electron chi connectivity index (χ4n) is 3.35. The van der Waals surface area contributed by atoms with E-state index < -0.39 is 20.8 Å². The summed E-state index contributed by atoms with van der Waals surface area (Å²) in [5.41, 5.74) is -0.914. The molecule has 2 saturated carbocycles. The van der Waals surface area contributed by atoms with Gasteiger partial charge in [0.05, 0.1) is 0 Å². The molecule has 0 aromatic rings. The maximum absolute atomic E-state index is 12.0. The number of hydrogen-bond donors (Lipinski definition) is 1. The molecule has 2 aliphatic rings. The van der Waals surface area contributed by atoms with Crippen LogP contribution in [0.15, 0.2) is 0 Å². The SMILES string of the molecule is Br.CC12CCC(C(S(=O)(=O)O)C1=O)C2(C)C. The van der Waals surface area contributed by atoms with Gasteiger partial charge in [-0.3, -0.25) is 9.35 Å². The van der Waals surface area contributed by atoms with Crippen LogP contribution in [-0.4, -0.2) is 24.0 Å². The molecule has 94 valence electrons. The Labute approximate surface area is 106 Å². The number of carbonyl (C=O) groups is 1. The van der Waals surface area contributed by atoms with Crippen LogP contribution in [0.1, 0.15) is 33.6 Å². The average Bonchev–Trinajstić information content (AvgIpc) is 2.33. The molecule has 0 saturated heterocycles. The number of ketones is 1. The number of fused-ring (bicyclic) bond motifs is 2. The van der Waals surface area contributed by atoms with E-state index in [2.05, 4.69) is 0 Å². The molecule has 3 atom stereocenters. The highest BCUT2D eigenvalue weighted by atomic mass is 79.9. The summed E-state index contributed by atoms with van der Waals surface area (Å²) in [6.45, 7) is 5.67. The zero-order chi connectivity index (χ0) is 11.6. The van der Waals surface area contributed by atoms with Gasteiger partial charge in [-0.15, -0.1) is 17.0 Å². The minimum Gasteiger partial charge on any atom is -0.297 e. The van der Waals surface area contributed by atoms with E-state index >= 15 is 0 Å². The molecule has 0 aliphatic heterocycles. The van der Waals surface area contributed by atoms with Gasteiger partial charge in [0.15, 0.2) is 5.78 Å². The van der Waals surface area contributed by atoms with Gasteiger partial charge in [-0.05, 0) is 24.2 Å². The summed E-state index contributed by atoms with van der Waals surface area (Å²) in [5, 5.41) is -1.19.